The second kappa shape index (κ2) is 6.00. The fraction of sp³-hybridized carbons (Fsp3) is 0.368. The van der Waals surface area contributed by atoms with Crippen LogP contribution in [0.25, 0.3) is 11.1 Å². The van der Waals surface area contributed by atoms with Gasteiger partial charge in [-0.1, -0.05) is 44.2 Å². The Bertz CT molecular complexity index is 646. The van der Waals surface area contributed by atoms with Crippen molar-refractivity contribution in [3.8, 4) is 11.1 Å². The van der Waals surface area contributed by atoms with Crippen LogP contribution in [0.3, 0.4) is 0 Å². The molecule has 0 amide bonds. The molecule has 0 spiro atoms. The molecule has 1 N–H and O–H groups in total. The first-order valence-electron chi connectivity index (χ1n) is 7.66. The lowest BCUT2D eigenvalue weighted by Crippen LogP contribution is -2.21. The molecule has 3 rings (SSSR count). The summed E-state index contributed by atoms with van der Waals surface area (Å²) >= 11 is 0. The summed E-state index contributed by atoms with van der Waals surface area (Å²) in [6, 6.07) is 13.9. The van der Waals surface area contributed by atoms with E-state index in [4.69, 9.17) is 4.74 Å². The molecule has 0 aliphatic carbocycles. The number of hydrogen-bond acceptors (Lipinski definition) is 2. The summed E-state index contributed by atoms with van der Waals surface area (Å²) in [5.74, 6) is 0. The van der Waals surface area contributed by atoms with Crippen molar-refractivity contribution in [3.05, 3.63) is 58.7 Å². The van der Waals surface area contributed by atoms with Gasteiger partial charge in [-0.05, 0) is 46.4 Å². The van der Waals surface area contributed by atoms with Gasteiger partial charge in [0.05, 0.1) is 13.2 Å². The van der Waals surface area contributed by atoms with Crippen LogP contribution in [0.15, 0.2) is 36.4 Å². The van der Waals surface area contributed by atoms with Crippen LogP contribution in [-0.4, -0.2) is 6.04 Å². The van der Waals surface area contributed by atoms with Crippen LogP contribution >= 0.6 is 0 Å². The Labute approximate surface area is 127 Å². The van der Waals surface area contributed by atoms with Crippen LogP contribution in [0.1, 0.15) is 36.1 Å². The second-order valence-electron chi connectivity index (χ2n) is 6.16. The number of nitrogens with one attached hydrogen (secondary N) is 1. The van der Waals surface area contributed by atoms with Gasteiger partial charge in [-0.2, -0.15) is 0 Å². The molecular formula is C19H23NO. The summed E-state index contributed by atoms with van der Waals surface area (Å²) in [7, 11) is 0. The van der Waals surface area contributed by atoms with Gasteiger partial charge >= 0.3 is 0 Å². The Morgan fingerprint density at radius 2 is 1.86 bits per heavy atom. The second-order valence-corrected chi connectivity index (χ2v) is 6.16. The van der Waals surface area contributed by atoms with E-state index in [9.17, 15) is 0 Å². The molecule has 0 saturated heterocycles. The van der Waals surface area contributed by atoms with Crippen LogP contribution in [0.5, 0.6) is 0 Å². The molecule has 2 aromatic rings. The fourth-order valence-electron chi connectivity index (χ4n) is 2.82. The zero-order chi connectivity index (χ0) is 14.8. The first-order valence-corrected chi connectivity index (χ1v) is 7.66. The lowest BCUT2D eigenvalue weighted by atomic mass is 9.96. The highest BCUT2D eigenvalue weighted by atomic mass is 16.5. The number of benzene rings is 2. The molecule has 2 aromatic carbocycles. The molecule has 1 aliphatic heterocycles. The Kier molecular flexibility index (Phi) is 4.09. The number of rotatable bonds is 4. The minimum Gasteiger partial charge on any atom is -0.372 e. The minimum absolute atomic E-state index is 0.515. The maximum absolute atomic E-state index is 5.50. The smallest absolute Gasteiger partial charge is 0.0725 e. The summed E-state index contributed by atoms with van der Waals surface area (Å²) < 4.78 is 5.50. The summed E-state index contributed by atoms with van der Waals surface area (Å²) in [6.45, 7) is 8.98. The highest BCUT2D eigenvalue weighted by Crippen LogP contribution is 2.29. The van der Waals surface area contributed by atoms with E-state index in [1.165, 1.54) is 33.4 Å². The molecule has 0 aromatic heterocycles. The van der Waals surface area contributed by atoms with Gasteiger partial charge < -0.3 is 10.1 Å². The first kappa shape index (κ1) is 14.3. The van der Waals surface area contributed by atoms with Crippen LogP contribution < -0.4 is 5.32 Å². The molecule has 21 heavy (non-hydrogen) atoms. The highest BCUT2D eigenvalue weighted by Gasteiger charge is 2.12. The van der Waals surface area contributed by atoms with E-state index in [0.29, 0.717) is 6.04 Å². The molecule has 0 fully saturated rings. The number of fused-ring (bicyclic) bond motifs is 1. The molecule has 0 unspecified atom stereocenters. The first-order chi connectivity index (χ1) is 10.1. The van der Waals surface area contributed by atoms with E-state index in [1.54, 1.807) is 0 Å². The molecular weight excluding hydrogens is 258 g/mol. The van der Waals surface area contributed by atoms with Crippen molar-refractivity contribution in [2.75, 3.05) is 0 Å². The molecule has 0 atom stereocenters. The zero-order valence-corrected chi connectivity index (χ0v) is 13.1. The number of aryl methyl sites for hydroxylation is 1. The van der Waals surface area contributed by atoms with Crippen molar-refractivity contribution >= 4 is 0 Å². The predicted molar refractivity (Wildman–Crippen MR) is 87.1 cm³/mol. The summed E-state index contributed by atoms with van der Waals surface area (Å²) in [6.07, 6.45) is 0. The largest absolute Gasteiger partial charge is 0.372 e. The number of hydrogen-bond donors (Lipinski definition) is 1. The van der Waals surface area contributed by atoms with Crippen molar-refractivity contribution in [2.24, 2.45) is 0 Å². The van der Waals surface area contributed by atoms with Gasteiger partial charge in [-0.3, -0.25) is 0 Å². The molecule has 1 aliphatic rings. The standard InChI is InChI=1S/C19H23NO/c1-13(2)20-10-15-4-7-19(14(3)8-15)16-5-6-17-11-21-12-18(17)9-16/h4-9,13,20H,10-12H2,1-3H3. The summed E-state index contributed by atoms with van der Waals surface area (Å²) in [5.41, 5.74) is 7.94. The highest BCUT2D eigenvalue weighted by molar-refractivity contribution is 5.69. The molecule has 0 radical (unpaired) electrons. The van der Waals surface area contributed by atoms with E-state index in [0.717, 1.165) is 19.8 Å². The van der Waals surface area contributed by atoms with Crippen molar-refractivity contribution < 1.29 is 4.74 Å². The quantitative estimate of drug-likeness (QED) is 0.907. The van der Waals surface area contributed by atoms with Crippen molar-refractivity contribution in [3.63, 3.8) is 0 Å². The van der Waals surface area contributed by atoms with Gasteiger partial charge in [0.2, 0.25) is 0 Å². The maximum atomic E-state index is 5.50. The average molecular weight is 281 g/mol. The molecule has 0 bridgehead atoms. The molecule has 110 valence electrons. The van der Waals surface area contributed by atoms with Crippen LogP contribution in [0, 0.1) is 6.92 Å². The van der Waals surface area contributed by atoms with Crippen LogP contribution in [-0.2, 0) is 24.5 Å². The normalized spacial score (nSPS) is 13.7. The monoisotopic (exact) mass is 281 g/mol. The molecule has 1 heterocycles. The van der Waals surface area contributed by atoms with E-state index < -0.39 is 0 Å². The molecule has 0 saturated carbocycles. The molecule has 2 heteroatoms. The number of ether oxygens (including phenoxy) is 1. The van der Waals surface area contributed by atoms with Gasteiger partial charge in [-0.25, -0.2) is 0 Å². The lowest BCUT2D eigenvalue weighted by molar-refractivity contribution is 0.134. The lowest BCUT2D eigenvalue weighted by Gasteiger charge is -2.12. The Hall–Kier alpha value is -1.64. The van der Waals surface area contributed by atoms with Gasteiger partial charge in [0.15, 0.2) is 0 Å². The van der Waals surface area contributed by atoms with Crippen molar-refractivity contribution in [1.82, 2.24) is 5.32 Å². The van der Waals surface area contributed by atoms with Gasteiger partial charge in [-0.15, -0.1) is 0 Å². The maximum Gasteiger partial charge on any atom is 0.0725 e. The van der Waals surface area contributed by atoms with Gasteiger partial charge in [0.1, 0.15) is 0 Å². The fourth-order valence-corrected chi connectivity index (χ4v) is 2.82. The topological polar surface area (TPSA) is 21.3 Å². The molecule has 2 nitrogen and oxygen atoms in total. The SMILES string of the molecule is Cc1cc(CNC(C)C)ccc1-c1ccc2c(c1)COC2. The minimum atomic E-state index is 0.515. The zero-order valence-electron chi connectivity index (χ0n) is 13.1. The Morgan fingerprint density at radius 3 is 2.62 bits per heavy atom. The van der Waals surface area contributed by atoms with Gasteiger partial charge in [0.25, 0.3) is 0 Å². The Morgan fingerprint density at radius 1 is 1.05 bits per heavy atom. The van der Waals surface area contributed by atoms with Crippen LogP contribution in [0.4, 0.5) is 0 Å². The third kappa shape index (κ3) is 3.17. The third-order valence-corrected chi connectivity index (χ3v) is 4.04. The van der Waals surface area contributed by atoms with E-state index in [1.807, 2.05) is 0 Å². The van der Waals surface area contributed by atoms with Crippen molar-refractivity contribution in [2.45, 2.75) is 46.6 Å². The predicted octanol–water partition coefficient (Wildman–Crippen LogP) is 4.19. The average Bonchev–Trinajstić information content (AvgIpc) is 2.92. The summed E-state index contributed by atoms with van der Waals surface area (Å²) in [4.78, 5) is 0. The summed E-state index contributed by atoms with van der Waals surface area (Å²) in [5, 5.41) is 3.47. The van der Waals surface area contributed by atoms with E-state index >= 15 is 0 Å². The van der Waals surface area contributed by atoms with E-state index in [-0.39, 0.29) is 0 Å². The van der Waals surface area contributed by atoms with E-state index in [2.05, 4.69) is 62.5 Å². The van der Waals surface area contributed by atoms with Crippen molar-refractivity contribution in [1.29, 1.82) is 0 Å². The Balaban J connectivity index is 1.85. The van der Waals surface area contributed by atoms with Gasteiger partial charge in [0, 0.05) is 12.6 Å². The van der Waals surface area contributed by atoms with Crippen LogP contribution in [0.2, 0.25) is 0 Å². The third-order valence-electron chi connectivity index (χ3n) is 4.04.